The van der Waals surface area contributed by atoms with Crippen molar-refractivity contribution in [3.8, 4) is 17.2 Å². The number of thiazole rings is 4. The van der Waals surface area contributed by atoms with E-state index in [-0.39, 0.29) is 67.8 Å². The molecule has 0 bridgehead atoms. The molecule has 15 aromatic rings. The van der Waals surface area contributed by atoms with Crippen LogP contribution in [0, 0.1) is 12.7 Å². The summed E-state index contributed by atoms with van der Waals surface area (Å²) in [6, 6.07) is 55.5. The van der Waals surface area contributed by atoms with Crippen molar-refractivity contribution in [1.82, 2.24) is 35.1 Å². The number of H-pyrrole nitrogens is 1. The fourth-order valence-electron chi connectivity index (χ4n) is 11.4. The van der Waals surface area contributed by atoms with Gasteiger partial charge in [-0.1, -0.05) is 89.4 Å². The number of ether oxygens (including phenoxy) is 3. The number of nitrogens with one attached hydrogen (secondary N) is 11. The van der Waals surface area contributed by atoms with Crippen molar-refractivity contribution in [2.45, 2.75) is 37.8 Å². The number of anilines is 10. The molecule has 0 aliphatic carbocycles. The van der Waals surface area contributed by atoms with E-state index in [2.05, 4.69) is 90.0 Å². The van der Waals surface area contributed by atoms with Crippen LogP contribution in [0.3, 0.4) is 0 Å². The van der Waals surface area contributed by atoms with Crippen LogP contribution in [-0.4, -0.2) is 127 Å². The molecule has 0 unspecified atom stereocenters. The zero-order valence-corrected chi connectivity index (χ0v) is 83.8. The number of sulfonamides is 5. The number of rotatable bonds is 33. The van der Waals surface area contributed by atoms with Crippen molar-refractivity contribution in [2.24, 2.45) is 0 Å². The van der Waals surface area contributed by atoms with Gasteiger partial charge in [0.25, 0.3) is 50.1 Å². The molecule has 51 heteroatoms. The van der Waals surface area contributed by atoms with Crippen molar-refractivity contribution in [3.63, 3.8) is 0 Å². The Bertz CT molecular complexity index is 7740. The fourth-order valence-corrected chi connectivity index (χ4v) is 20.1. The Morgan fingerprint density at radius 2 is 0.729 bits per heavy atom. The lowest BCUT2D eigenvalue weighted by atomic mass is 10.1. The van der Waals surface area contributed by atoms with Gasteiger partial charge in [-0.05, 0) is 229 Å². The van der Waals surface area contributed by atoms with Gasteiger partial charge in [-0.3, -0.25) is 42.9 Å². The van der Waals surface area contributed by atoms with E-state index in [1.54, 1.807) is 83.3 Å². The van der Waals surface area contributed by atoms with Crippen molar-refractivity contribution < 1.29 is 97.8 Å². The number of hydrogen-bond donors (Lipinski definition) is 11. The summed E-state index contributed by atoms with van der Waals surface area (Å²) in [4.78, 5) is 79.8. The lowest BCUT2D eigenvalue weighted by molar-refractivity contribution is -0.274. The van der Waals surface area contributed by atoms with Crippen LogP contribution in [0.2, 0.25) is 15.1 Å². The molecule has 0 aliphatic heterocycles. The molecule has 744 valence electrons. The zero-order valence-electron chi connectivity index (χ0n) is 74.2. The maximum Gasteiger partial charge on any atom is 0.573 e. The van der Waals surface area contributed by atoms with Gasteiger partial charge in [0.05, 0.1) is 53.8 Å². The standard InChI is InChI=1S/C20H19N3O5S2.C19H14F3N3O4S2.C18H13Cl2N3O3S2.C18H13ClFN3O3S2.C18H17N5O3S/c1-27-16-7-3-14(18(13-16)28-2)4-10-19(24)22-15-5-8-17(9-6-15)30(25,26)23-20-21-11-12-29-20;20-19(21,22)29-15-3-1-2-13(12-15)4-9-17(26)24-14-5-7-16(8-6-14)31(27,28)25-18-23-10-11-30-18;19-15-3-1-2-12(17(15)20)4-9-16(24)22-13-5-7-14(8-6-13)28(25,26)23-18-21-10-11-27-18;19-16-11-13(20)3-1-12(16)2-8-17(24)22-14-4-6-15(7-5-14)28(25,26)23-18-21-9-10-27-18;1-13-4-2-3-5-14(13)6-11-17(24)21-15-7-9-16(10-8-15)27(25,26)23-18-19-12-20-22-18/h3-13H,1-2H3,(H,21,23)(H,22,24);1-12H,(H,23,25)(H,24,26);2*1-11H,(H,21,23)(H,22,24);2-12H,1H3,(H,21,24)(H2,19,20,22,23)/b10-4+;2*9-4+;8-2+;11-6+. The number of aryl methyl sites for hydroxylation is 1. The third kappa shape index (κ3) is 34.8. The van der Waals surface area contributed by atoms with E-state index in [0.29, 0.717) is 72.2 Å². The van der Waals surface area contributed by atoms with Crippen LogP contribution in [0.4, 0.5) is 72.5 Å². The van der Waals surface area contributed by atoms with Crippen molar-refractivity contribution in [1.29, 1.82) is 0 Å². The van der Waals surface area contributed by atoms with Crippen LogP contribution in [0.1, 0.15) is 33.4 Å². The lowest BCUT2D eigenvalue weighted by Crippen LogP contribution is -2.17. The van der Waals surface area contributed by atoms with Crippen LogP contribution < -0.4 is 64.4 Å². The van der Waals surface area contributed by atoms with Gasteiger partial charge in [-0.15, -0.1) is 58.5 Å². The molecule has 10 aromatic carbocycles. The number of methoxy groups -OCH3 is 2. The van der Waals surface area contributed by atoms with Crippen LogP contribution in [0.5, 0.6) is 17.2 Å². The first kappa shape index (κ1) is 109. The number of aromatic nitrogens is 7. The summed E-state index contributed by atoms with van der Waals surface area (Å²) in [7, 11) is -15.7. The quantitative estimate of drug-likeness (QED) is 0.0134. The number of amides is 5. The first-order valence-corrected chi connectivity index (χ1v) is 52.8. The molecule has 5 amide bonds. The van der Waals surface area contributed by atoms with Crippen molar-refractivity contribution >= 4 is 245 Å². The molecule has 0 fully saturated rings. The Kier molecular flexibility index (Phi) is 38.9. The predicted octanol–water partition coefficient (Wildman–Crippen LogP) is 20.0. The number of nitrogens with zero attached hydrogens (tertiary/aromatic N) is 6. The van der Waals surface area contributed by atoms with Gasteiger partial charge in [0.1, 0.15) is 29.4 Å². The molecule has 0 saturated heterocycles. The summed E-state index contributed by atoms with van der Waals surface area (Å²) in [6.07, 6.45) is 16.5. The average molecular weight is 2190 g/mol. The van der Waals surface area contributed by atoms with Crippen LogP contribution >= 0.6 is 80.1 Å². The minimum Gasteiger partial charge on any atom is -0.497 e. The average Bonchev–Trinajstić information content (AvgIpc) is 1.57. The highest BCUT2D eigenvalue weighted by molar-refractivity contribution is 7.94. The highest BCUT2D eigenvalue weighted by Gasteiger charge is 2.31. The highest BCUT2D eigenvalue weighted by Crippen LogP contribution is 2.32. The van der Waals surface area contributed by atoms with Gasteiger partial charge in [-0.2, -0.15) is 10.1 Å². The maximum absolute atomic E-state index is 13.0. The number of alkyl halides is 3. The second-order valence-electron chi connectivity index (χ2n) is 28.3. The smallest absolute Gasteiger partial charge is 0.497 e. The molecule has 0 atom stereocenters. The summed E-state index contributed by atoms with van der Waals surface area (Å²) in [5.41, 5.74) is 6.28. The normalized spacial score (nSPS) is 11.5. The van der Waals surface area contributed by atoms with E-state index >= 15 is 0 Å². The Labute approximate surface area is 852 Å². The number of carbonyl (C=O) groups is 5. The summed E-state index contributed by atoms with van der Waals surface area (Å²) in [6.45, 7) is 1.96. The number of aromatic amines is 1. The number of halogens is 7. The van der Waals surface area contributed by atoms with Crippen LogP contribution in [0.15, 0.2) is 332 Å². The van der Waals surface area contributed by atoms with Gasteiger partial charge >= 0.3 is 6.36 Å². The summed E-state index contributed by atoms with van der Waals surface area (Å²) in [5, 5.41) is 27.7. The Morgan fingerprint density at radius 1 is 0.368 bits per heavy atom. The Balaban J connectivity index is 0.000000172. The molecule has 35 nitrogen and oxygen atoms in total. The van der Waals surface area contributed by atoms with Gasteiger partial charge in [0.15, 0.2) is 20.5 Å². The molecule has 0 aliphatic rings. The predicted molar refractivity (Wildman–Crippen MR) is 551 cm³/mol. The summed E-state index contributed by atoms with van der Waals surface area (Å²) in [5.74, 6) is -1.72. The number of benzene rings is 10. The number of carbonyl (C=O) groups excluding carboxylic acids is 5. The first-order chi connectivity index (χ1) is 68.6. The maximum atomic E-state index is 13.0. The monoisotopic (exact) mass is 2190 g/mol. The van der Waals surface area contributed by atoms with Gasteiger partial charge in [0, 0.05) is 117 Å². The Hall–Kier alpha value is -15.4. The van der Waals surface area contributed by atoms with Crippen LogP contribution in [-0.2, 0) is 74.1 Å². The van der Waals surface area contributed by atoms with Gasteiger partial charge in [0.2, 0.25) is 35.5 Å². The van der Waals surface area contributed by atoms with Crippen LogP contribution in [0.25, 0.3) is 30.4 Å². The van der Waals surface area contributed by atoms with E-state index in [0.717, 1.165) is 46.7 Å². The second kappa shape index (κ2) is 51.4. The zero-order chi connectivity index (χ0) is 104. The molecule has 0 saturated carbocycles. The molecule has 0 spiro atoms. The van der Waals surface area contributed by atoms with Crippen molar-refractivity contribution in [2.75, 3.05) is 64.4 Å². The van der Waals surface area contributed by atoms with E-state index in [1.807, 2.05) is 31.2 Å². The van der Waals surface area contributed by atoms with E-state index in [9.17, 15) is 83.6 Å². The largest absolute Gasteiger partial charge is 0.573 e. The highest BCUT2D eigenvalue weighted by atomic mass is 35.5. The first-order valence-electron chi connectivity index (χ1n) is 40.7. The molecule has 0 radical (unpaired) electrons. The summed E-state index contributed by atoms with van der Waals surface area (Å²) < 4.78 is 199. The van der Waals surface area contributed by atoms with E-state index in [1.165, 1.54) is 254 Å². The molecule has 15 rings (SSSR count). The molecule has 5 heterocycles. The van der Waals surface area contributed by atoms with E-state index < -0.39 is 85.8 Å². The molecule has 144 heavy (non-hydrogen) atoms. The third-order valence-corrected chi connectivity index (χ3v) is 29.4. The molecule has 11 N–H and O–H groups in total. The van der Waals surface area contributed by atoms with E-state index in [4.69, 9.17) is 44.3 Å². The molecular weight excluding hydrogens is 2110 g/mol. The minimum atomic E-state index is -4.81. The van der Waals surface area contributed by atoms with Crippen molar-refractivity contribution in [3.05, 3.63) is 362 Å². The lowest BCUT2D eigenvalue weighted by Gasteiger charge is -2.09. The molecular formula is C93H76Cl3F4N17O18S9. The SMILES string of the molecule is COc1ccc(/C=C/C(=O)Nc2ccc(S(=O)(=O)Nc3nccs3)cc2)c(OC)c1.Cc1ccccc1/C=C/C(=O)Nc1ccc(S(=O)(=O)Nc2ncn[nH]2)cc1.O=C(/C=C/c1ccc(F)cc1Cl)Nc1ccc(S(=O)(=O)Nc2nccs2)cc1.O=C(/C=C/c1cccc(Cl)c1Cl)Nc1ccc(S(=O)(=O)Nc2nccs2)cc1.O=C(/C=C/c1cccc(OC(F)(F)F)c1)Nc1ccc(S(=O)(=O)Nc2nccs2)cc1. The molecule has 5 aromatic heterocycles. The fraction of sp³-hybridized carbons (Fsp3) is 0.0430. The van der Waals surface area contributed by atoms with Gasteiger partial charge < -0.3 is 40.8 Å². The Morgan fingerprint density at radius 3 is 1.09 bits per heavy atom. The topological polar surface area (TPSA) is 497 Å². The third-order valence-electron chi connectivity index (χ3n) is 18.2. The minimum absolute atomic E-state index is 0.0160. The summed E-state index contributed by atoms with van der Waals surface area (Å²) >= 11 is 22.6. The van der Waals surface area contributed by atoms with Gasteiger partial charge in [-0.25, -0.2) is 76.2 Å². The number of hydrogen-bond acceptors (Lipinski definition) is 28. The second-order valence-corrected chi connectivity index (χ2v) is 41.5.